The molecule has 1 atom stereocenters. The van der Waals surface area contributed by atoms with Crippen LogP contribution in [-0.4, -0.2) is 38.7 Å². The summed E-state index contributed by atoms with van der Waals surface area (Å²) in [5.74, 6) is -0.0912. The molecule has 6 heteroatoms. The number of aromatic nitrogens is 3. The van der Waals surface area contributed by atoms with E-state index in [1.54, 1.807) is 19.1 Å². The Kier molecular flexibility index (Phi) is 3.69. The second-order valence-electron chi connectivity index (χ2n) is 6.28. The summed E-state index contributed by atoms with van der Waals surface area (Å²) >= 11 is 0. The van der Waals surface area contributed by atoms with Crippen molar-refractivity contribution in [3.05, 3.63) is 59.5 Å². The molecule has 1 aromatic carbocycles. The number of nitriles is 1. The number of amides is 1. The minimum Gasteiger partial charge on any atom is -0.335 e. The lowest BCUT2D eigenvalue weighted by Crippen LogP contribution is -2.30. The zero-order valence-electron chi connectivity index (χ0n) is 13.9. The zero-order valence-corrected chi connectivity index (χ0v) is 13.9. The fourth-order valence-electron chi connectivity index (χ4n) is 3.37. The predicted molar refractivity (Wildman–Crippen MR) is 93.0 cm³/mol. The Bertz CT molecular complexity index is 1000. The fraction of sp³-hybridized carbons (Fsp3) is 0.263. The van der Waals surface area contributed by atoms with Crippen LogP contribution in [-0.2, 0) is 0 Å². The largest absolute Gasteiger partial charge is 0.335 e. The number of carbonyl (C=O) groups excluding carboxylic acids is 1. The van der Waals surface area contributed by atoms with Crippen LogP contribution in [0.5, 0.6) is 0 Å². The van der Waals surface area contributed by atoms with Gasteiger partial charge in [-0.2, -0.15) is 10.4 Å². The highest BCUT2D eigenvalue weighted by Crippen LogP contribution is 2.26. The van der Waals surface area contributed by atoms with Crippen molar-refractivity contribution in [2.75, 3.05) is 13.1 Å². The van der Waals surface area contributed by atoms with Gasteiger partial charge in [0.2, 0.25) is 0 Å². The number of likely N-dealkylation sites (tertiary alicyclic amines) is 1. The third-order valence-electron chi connectivity index (χ3n) is 4.73. The summed E-state index contributed by atoms with van der Waals surface area (Å²) < 4.78 is 2.01. The van der Waals surface area contributed by atoms with Crippen molar-refractivity contribution in [2.45, 2.75) is 19.4 Å². The van der Waals surface area contributed by atoms with Crippen LogP contribution < -0.4 is 0 Å². The van der Waals surface area contributed by atoms with Gasteiger partial charge in [0.05, 0.1) is 29.0 Å². The SMILES string of the molecule is Cc1nc(C(=O)N2CCC(n3ncc4ccccc43)C2)ccc1C#N. The average molecular weight is 331 g/mol. The van der Waals surface area contributed by atoms with Gasteiger partial charge in [0.15, 0.2) is 0 Å². The summed E-state index contributed by atoms with van der Waals surface area (Å²) in [4.78, 5) is 18.8. The summed E-state index contributed by atoms with van der Waals surface area (Å²) in [7, 11) is 0. The van der Waals surface area contributed by atoms with Crippen LogP contribution in [0.2, 0.25) is 0 Å². The Morgan fingerprint density at radius 3 is 2.92 bits per heavy atom. The van der Waals surface area contributed by atoms with Crippen LogP contribution in [0.25, 0.3) is 10.9 Å². The number of pyridine rings is 1. The molecule has 0 radical (unpaired) electrons. The second-order valence-corrected chi connectivity index (χ2v) is 6.28. The first kappa shape index (κ1) is 15.3. The first-order chi connectivity index (χ1) is 12.2. The van der Waals surface area contributed by atoms with Crippen LogP contribution in [0.4, 0.5) is 0 Å². The van der Waals surface area contributed by atoms with Crippen molar-refractivity contribution in [1.82, 2.24) is 19.7 Å². The maximum atomic E-state index is 12.7. The summed E-state index contributed by atoms with van der Waals surface area (Å²) in [5.41, 5.74) is 2.57. The number of carbonyl (C=O) groups is 1. The van der Waals surface area contributed by atoms with Gasteiger partial charge in [-0.25, -0.2) is 4.98 Å². The van der Waals surface area contributed by atoms with Crippen LogP contribution in [0, 0.1) is 18.3 Å². The minimum absolute atomic E-state index is 0.0912. The first-order valence-corrected chi connectivity index (χ1v) is 8.26. The molecule has 1 aliphatic heterocycles. The molecule has 1 unspecified atom stereocenters. The molecule has 1 saturated heterocycles. The zero-order chi connectivity index (χ0) is 17.4. The normalized spacial score (nSPS) is 17.0. The molecule has 25 heavy (non-hydrogen) atoms. The standard InChI is InChI=1S/C19H17N5O/c1-13-14(10-20)6-7-17(22-13)19(25)23-9-8-16(12-23)24-18-5-3-2-4-15(18)11-21-24/h2-7,11,16H,8-9,12H2,1H3. The van der Waals surface area contributed by atoms with Crippen LogP contribution in [0.1, 0.15) is 34.2 Å². The number of rotatable bonds is 2. The van der Waals surface area contributed by atoms with Crippen molar-refractivity contribution in [1.29, 1.82) is 5.26 Å². The molecular weight excluding hydrogens is 314 g/mol. The highest BCUT2D eigenvalue weighted by atomic mass is 16.2. The van der Waals surface area contributed by atoms with E-state index in [9.17, 15) is 4.79 Å². The first-order valence-electron chi connectivity index (χ1n) is 8.26. The Labute approximate surface area is 145 Å². The maximum Gasteiger partial charge on any atom is 0.272 e. The van der Waals surface area contributed by atoms with Crippen LogP contribution in [0.15, 0.2) is 42.6 Å². The van der Waals surface area contributed by atoms with Gasteiger partial charge in [-0.15, -0.1) is 0 Å². The van der Waals surface area contributed by atoms with Gasteiger partial charge in [0.1, 0.15) is 11.8 Å². The Hall–Kier alpha value is -3.20. The third kappa shape index (κ3) is 2.64. The van der Waals surface area contributed by atoms with Gasteiger partial charge in [-0.3, -0.25) is 9.48 Å². The van der Waals surface area contributed by atoms with Crippen LogP contribution >= 0.6 is 0 Å². The van der Waals surface area contributed by atoms with E-state index >= 15 is 0 Å². The lowest BCUT2D eigenvalue weighted by Gasteiger charge is -2.17. The monoisotopic (exact) mass is 331 g/mol. The van der Waals surface area contributed by atoms with Crippen molar-refractivity contribution < 1.29 is 4.79 Å². The van der Waals surface area contributed by atoms with E-state index in [4.69, 9.17) is 5.26 Å². The van der Waals surface area contributed by atoms with Crippen molar-refractivity contribution in [3.63, 3.8) is 0 Å². The number of benzene rings is 1. The molecule has 0 spiro atoms. The minimum atomic E-state index is -0.0912. The third-order valence-corrected chi connectivity index (χ3v) is 4.73. The van der Waals surface area contributed by atoms with Crippen LogP contribution in [0.3, 0.4) is 0 Å². The summed E-state index contributed by atoms with van der Waals surface area (Å²) in [6, 6.07) is 13.6. The molecule has 0 aliphatic carbocycles. The number of nitrogens with zero attached hydrogens (tertiary/aromatic N) is 5. The molecule has 3 aromatic rings. The number of para-hydroxylation sites is 1. The number of fused-ring (bicyclic) bond motifs is 1. The Balaban J connectivity index is 1.55. The Morgan fingerprint density at radius 1 is 1.28 bits per heavy atom. The molecule has 3 heterocycles. The molecule has 1 aliphatic rings. The topological polar surface area (TPSA) is 74.8 Å². The van der Waals surface area contributed by atoms with E-state index in [0.717, 1.165) is 17.3 Å². The second kappa shape index (κ2) is 6.02. The molecule has 0 bridgehead atoms. The van der Waals surface area contributed by atoms with Gasteiger partial charge in [0, 0.05) is 18.5 Å². The van der Waals surface area contributed by atoms with E-state index in [2.05, 4.69) is 22.2 Å². The van der Waals surface area contributed by atoms with E-state index in [1.165, 1.54) is 0 Å². The van der Waals surface area contributed by atoms with Crippen molar-refractivity contribution in [2.24, 2.45) is 0 Å². The lowest BCUT2D eigenvalue weighted by atomic mass is 10.2. The molecular formula is C19H17N5O. The van der Waals surface area contributed by atoms with E-state index in [-0.39, 0.29) is 11.9 Å². The van der Waals surface area contributed by atoms with E-state index < -0.39 is 0 Å². The highest BCUT2D eigenvalue weighted by Gasteiger charge is 2.30. The van der Waals surface area contributed by atoms with Gasteiger partial charge in [-0.05, 0) is 31.5 Å². The maximum absolute atomic E-state index is 12.7. The predicted octanol–water partition coefficient (Wildman–Crippen LogP) is 2.70. The molecule has 124 valence electrons. The molecule has 4 rings (SSSR count). The Morgan fingerprint density at radius 2 is 2.12 bits per heavy atom. The average Bonchev–Trinajstić information content (AvgIpc) is 3.27. The quantitative estimate of drug-likeness (QED) is 0.723. The van der Waals surface area contributed by atoms with Gasteiger partial charge >= 0.3 is 0 Å². The van der Waals surface area contributed by atoms with Gasteiger partial charge in [-0.1, -0.05) is 18.2 Å². The molecule has 1 fully saturated rings. The van der Waals surface area contributed by atoms with Gasteiger partial charge < -0.3 is 4.90 Å². The van der Waals surface area contributed by atoms with E-state index in [1.807, 2.05) is 34.0 Å². The fourth-order valence-corrected chi connectivity index (χ4v) is 3.37. The molecule has 2 aromatic heterocycles. The van der Waals surface area contributed by atoms with Crippen molar-refractivity contribution >= 4 is 16.8 Å². The number of aryl methyl sites for hydroxylation is 1. The number of hydrogen-bond acceptors (Lipinski definition) is 4. The molecule has 1 amide bonds. The molecule has 0 N–H and O–H groups in total. The molecule has 6 nitrogen and oxygen atoms in total. The smallest absolute Gasteiger partial charge is 0.272 e. The lowest BCUT2D eigenvalue weighted by molar-refractivity contribution is 0.0781. The number of hydrogen-bond donors (Lipinski definition) is 0. The van der Waals surface area contributed by atoms with Gasteiger partial charge in [0.25, 0.3) is 5.91 Å². The van der Waals surface area contributed by atoms with E-state index in [0.29, 0.717) is 30.0 Å². The summed E-state index contributed by atoms with van der Waals surface area (Å²) in [6.07, 6.45) is 2.73. The summed E-state index contributed by atoms with van der Waals surface area (Å²) in [5, 5.41) is 14.6. The van der Waals surface area contributed by atoms with Crippen molar-refractivity contribution in [3.8, 4) is 6.07 Å². The molecule has 0 saturated carbocycles. The summed E-state index contributed by atoms with van der Waals surface area (Å²) in [6.45, 7) is 3.04. The highest BCUT2D eigenvalue weighted by molar-refractivity contribution is 5.92.